The molecule has 0 radical (unpaired) electrons. The van der Waals surface area contributed by atoms with Crippen LogP contribution < -0.4 is 5.32 Å². The first-order chi connectivity index (χ1) is 12.4. The Kier molecular flexibility index (Phi) is 6.68. The Morgan fingerprint density at radius 3 is 2.54 bits per heavy atom. The second kappa shape index (κ2) is 8.96. The predicted molar refractivity (Wildman–Crippen MR) is 99.6 cm³/mol. The molecular weight excluding hydrogens is 354 g/mol. The number of benzene rings is 1. The minimum absolute atomic E-state index is 0.0228. The lowest BCUT2D eigenvalue weighted by atomic mass is 9.99. The average Bonchev–Trinajstić information content (AvgIpc) is 3.04. The highest BCUT2D eigenvalue weighted by Gasteiger charge is 2.21. The molecule has 26 heavy (non-hydrogen) atoms. The van der Waals surface area contributed by atoms with E-state index >= 15 is 0 Å². The molecule has 2 rings (SSSR count). The Bertz CT molecular complexity index is 826. The van der Waals surface area contributed by atoms with Gasteiger partial charge in [0, 0.05) is 22.9 Å². The summed E-state index contributed by atoms with van der Waals surface area (Å²) < 4.78 is 5.05. The number of hydrogen-bond acceptors (Lipinski definition) is 5. The van der Waals surface area contributed by atoms with Crippen LogP contribution in [0.2, 0.25) is 0 Å². The van der Waals surface area contributed by atoms with E-state index in [2.05, 4.69) is 5.32 Å². The van der Waals surface area contributed by atoms with Gasteiger partial charge in [-0.25, -0.2) is 9.59 Å². The van der Waals surface area contributed by atoms with Gasteiger partial charge < -0.3 is 15.2 Å². The van der Waals surface area contributed by atoms with E-state index in [1.165, 1.54) is 11.3 Å². The number of carbonyl (C=O) groups is 3. The van der Waals surface area contributed by atoms with Gasteiger partial charge in [-0.3, -0.25) is 4.79 Å². The van der Waals surface area contributed by atoms with Gasteiger partial charge in [-0.15, -0.1) is 11.3 Å². The SMILES string of the molecule is CCOC(=O)c1cc([C@H](C)c2ccccc2)sc1NC(=O)/C=C/C(=O)O. The smallest absolute Gasteiger partial charge is 0.341 e. The van der Waals surface area contributed by atoms with Crippen LogP contribution in [0.3, 0.4) is 0 Å². The van der Waals surface area contributed by atoms with E-state index in [4.69, 9.17) is 9.84 Å². The molecule has 0 unspecified atom stereocenters. The van der Waals surface area contributed by atoms with Crippen molar-refractivity contribution in [3.05, 3.63) is 64.6 Å². The molecule has 1 atom stereocenters. The molecule has 136 valence electrons. The highest BCUT2D eigenvalue weighted by atomic mass is 32.1. The number of anilines is 1. The summed E-state index contributed by atoms with van der Waals surface area (Å²) in [7, 11) is 0. The number of carboxylic acids is 1. The summed E-state index contributed by atoms with van der Waals surface area (Å²) in [4.78, 5) is 35.5. The molecule has 1 heterocycles. The van der Waals surface area contributed by atoms with Crippen molar-refractivity contribution in [2.24, 2.45) is 0 Å². The molecule has 2 N–H and O–H groups in total. The Labute approximate surface area is 155 Å². The topological polar surface area (TPSA) is 92.7 Å². The summed E-state index contributed by atoms with van der Waals surface area (Å²) >= 11 is 1.27. The van der Waals surface area contributed by atoms with E-state index in [1.54, 1.807) is 13.0 Å². The normalized spacial score (nSPS) is 11.9. The van der Waals surface area contributed by atoms with Gasteiger partial charge in [-0.2, -0.15) is 0 Å². The van der Waals surface area contributed by atoms with Crippen LogP contribution in [-0.4, -0.2) is 29.6 Å². The van der Waals surface area contributed by atoms with Crippen LogP contribution >= 0.6 is 11.3 Å². The van der Waals surface area contributed by atoms with Gasteiger partial charge in [0.15, 0.2) is 0 Å². The van der Waals surface area contributed by atoms with Crippen molar-refractivity contribution in [1.82, 2.24) is 0 Å². The quantitative estimate of drug-likeness (QED) is 0.571. The zero-order chi connectivity index (χ0) is 19.1. The largest absolute Gasteiger partial charge is 0.478 e. The van der Waals surface area contributed by atoms with Crippen LogP contribution in [0.4, 0.5) is 5.00 Å². The third-order valence-electron chi connectivity index (χ3n) is 3.59. The molecule has 0 aliphatic carbocycles. The lowest BCUT2D eigenvalue weighted by Crippen LogP contribution is -2.12. The number of rotatable bonds is 7. The van der Waals surface area contributed by atoms with Gasteiger partial charge >= 0.3 is 11.9 Å². The van der Waals surface area contributed by atoms with E-state index < -0.39 is 17.8 Å². The Balaban J connectivity index is 2.33. The lowest BCUT2D eigenvalue weighted by Gasteiger charge is -2.08. The molecule has 0 fully saturated rings. The molecule has 0 spiro atoms. The van der Waals surface area contributed by atoms with Crippen LogP contribution in [0.25, 0.3) is 0 Å². The Hall–Kier alpha value is -2.93. The first-order valence-electron chi connectivity index (χ1n) is 8.00. The summed E-state index contributed by atoms with van der Waals surface area (Å²) in [6.07, 6.45) is 1.64. The summed E-state index contributed by atoms with van der Waals surface area (Å²) in [5.41, 5.74) is 1.33. The van der Waals surface area contributed by atoms with E-state index in [-0.39, 0.29) is 18.1 Å². The van der Waals surface area contributed by atoms with E-state index in [9.17, 15) is 14.4 Å². The summed E-state index contributed by atoms with van der Waals surface area (Å²) in [5.74, 6) is -2.36. The number of thiophene rings is 1. The Morgan fingerprint density at radius 2 is 1.92 bits per heavy atom. The molecule has 0 saturated carbocycles. The van der Waals surface area contributed by atoms with Crippen molar-refractivity contribution in [3.63, 3.8) is 0 Å². The average molecular weight is 373 g/mol. The predicted octanol–water partition coefficient (Wildman–Crippen LogP) is 3.66. The van der Waals surface area contributed by atoms with Gasteiger partial charge in [0.2, 0.25) is 5.91 Å². The van der Waals surface area contributed by atoms with Gasteiger partial charge in [-0.05, 0) is 18.6 Å². The molecule has 0 aliphatic rings. The number of aliphatic carboxylic acids is 1. The number of carboxylic acid groups (broad SMARTS) is 1. The second-order valence-electron chi connectivity index (χ2n) is 5.41. The van der Waals surface area contributed by atoms with Crippen molar-refractivity contribution in [2.75, 3.05) is 11.9 Å². The summed E-state index contributed by atoms with van der Waals surface area (Å²) in [5, 5.41) is 11.5. The van der Waals surface area contributed by atoms with Crippen molar-refractivity contribution in [2.45, 2.75) is 19.8 Å². The van der Waals surface area contributed by atoms with Crippen molar-refractivity contribution >= 4 is 34.2 Å². The highest BCUT2D eigenvalue weighted by Crippen LogP contribution is 2.36. The maximum atomic E-state index is 12.2. The van der Waals surface area contributed by atoms with Crippen LogP contribution in [-0.2, 0) is 14.3 Å². The van der Waals surface area contributed by atoms with Gasteiger partial charge in [0.1, 0.15) is 5.00 Å². The van der Waals surface area contributed by atoms with Crippen LogP contribution in [0.5, 0.6) is 0 Å². The minimum atomic E-state index is -1.23. The minimum Gasteiger partial charge on any atom is -0.478 e. The number of nitrogens with one attached hydrogen (secondary N) is 1. The molecule has 7 heteroatoms. The molecule has 1 aromatic carbocycles. The third-order valence-corrected chi connectivity index (χ3v) is 4.82. The van der Waals surface area contributed by atoms with Gasteiger partial charge in [0.25, 0.3) is 0 Å². The molecule has 0 saturated heterocycles. The monoisotopic (exact) mass is 373 g/mol. The van der Waals surface area contributed by atoms with Crippen molar-refractivity contribution < 1.29 is 24.2 Å². The number of amides is 1. The molecule has 2 aromatic rings. The maximum absolute atomic E-state index is 12.2. The lowest BCUT2D eigenvalue weighted by molar-refractivity contribution is -0.131. The van der Waals surface area contributed by atoms with Gasteiger partial charge in [0.05, 0.1) is 12.2 Å². The first kappa shape index (κ1) is 19.4. The molecular formula is C19H19NO5S. The van der Waals surface area contributed by atoms with Crippen LogP contribution in [0.15, 0.2) is 48.6 Å². The molecule has 6 nitrogen and oxygen atoms in total. The zero-order valence-corrected chi connectivity index (χ0v) is 15.2. The van der Waals surface area contributed by atoms with Crippen LogP contribution in [0.1, 0.15) is 40.6 Å². The number of hydrogen-bond donors (Lipinski definition) is 2. The zero-order valence-electron chi connectivity index (χ0n) is 14.4. The molecule has 0 aliphatic heterocycles. The van der Waals surface area contributed by atoms with E-state index in [0.717, 1.165) is 22.6 Å². The Morgan fingerprint density at radius 1 is 1.23 bits per heavy atom. The van der Waals surface area contributed by atoms with E-state index in [1.807, 2.05) is 37.3 Å². The fourth-order valence-electron chi connectivity index (χ4n) is 2.28. The maximum Gasteiger partial charge on any atom is 0.341 e. The molecule has 0 bridgehead atoms. The fraction of sp³-hybridized carbons (Fsp3) is 0.211. The number of esters is 1. The fourth-order valence-corrected chi connectivity index (χ4v) is 3.41. The van der Waals surface area contributed by atoms with E-state index in [0.29, 0.717) is 5.00 Å². The van der Waals surface area contributed by atoms with Crippen LogP contribution in [0, 0.1) is 0 Å². The first-order valence-corrected chi connectivity index (χ1v) is 8.81. The number of ether oxygens (including phenoxy) is 1. The summed E-state index contributed by atoms with van der Waals surface area (Å²) in [6, 6.07) is 11.5. The molecule has 1 aromatic heterocycles. The third kappa shape index (κ3) is 5.03. The second-order valence-corrected chi connectivity index (χ2v) is 6.49. The van der Waals surface area contributed by atoms with Crippen molar-refractivity contribution in [1.29, 1.82) is 0 Å². The summed E-state index contributed by atoms with van der Waals surface area (Å²) in [6.45, 7) is 3.92. The number of carbonyl (C=O) groups excluding carboxylic acids is 2. The standard InChI is InChI=1S/C19H19NO5S/c1-3-25-19(24)14-11-15(12(2)13-7-5-4-6-8-13)26-18(14)20-16(21)9-10-17(22)23/h4-12H,3H2,1-2H3,(H,20,21)(H,22,23)/b10-9+/t12-/m1/s1. The van der Waals surface area contributed by atoms with Crippen molar-refractivity contribution in [3.8, 4) is 0 Å². The highest BCUT2D eigenvalue weighted by molar-refractivity contribution is 7.16. The van der Waals surface area contributed by atoms with Gasteiger partial charge in [-0.1, -0.05) is 37.3 Å². The molecule has 1 amide bonds.